The number of anilines is 1. The molecular formula is C22H17ClN2O7. The molecule has 0 aliphatic carbocycles. The molecule has 164 valence electrons. The maximum atomic E-state index is 13.2. The Bertz CT molecular complexity index is 1130. The van der Waals surface area contributed by atoms with Crippen molar-refractivity contribution in [3.8, 4) is 11.5 Å². The predicted octanol–water partition coefficient (Wildman–Crippen LogP) is 2.37. The van der Waals surface area contributed by atoms with E-state index in [4.69, 9.17) is 26.2 Å². The maximum Gasteiger partial charge on any atom is 0.328 e. The van der Waals surface area contributed by atoms with Crippen molar-refractivity contribution >= 4 is 41.0 Å². The molecule has 0 unspecified atom stereocenters. The van der Waals surface area contributed by atoms with Gasteiger partial charge in [0, 0.05) is 23.7 Å². The number of hydrogen-bond acceptors (Lipinski definition) is 6. The van der Waals surface area contributed by atoms with E-state index in [9.17, 15) is 19.2 Å². The molecule has 1 fully saturated rings. The van der Waals surface area contributed by atoms with E-state index < -0.39 is 29.7 Å². The van der Waals surface area contributed by atoms with E-state index in [0.717, 1.165) is 11.0 Å². The van der Waals surface area contributed by atoms with Gasteiger partial charge in [0.2, 0.25) is 18.6 Å². The van der Waals surface area contributed by atoms with Gasteiger partial charge in [-0.25, -0.2) is 9.69 Å². The van der Waals surface area contributed by atoms with Crippen molar-refractivity contribution in [1.82, 2.24) is 4.90 Å². The Kier molecular flexibility index (Phi) is 5.83. The number of aliphatic carboxylic acids is 1. The summed E-state index contributed by atoms with van der Waals surface area (Å²) in [5, 5.41) is 9.33. The molecule has 0 spiro atoms. The number of carbonyl (C=O) groups is 4. The average molecular weight is 457 g/mol. The monoisotopic (exact) mass is 456 g/mol. The Morgan fingerprint density at radius 3 is 2.53 bits per heavy atom. The number of benzene rings is 2. The molecule has 32 heavy (non-hydrogen) atoms. The Hall–Kier alpha value is -3.85. The molecule has 0 bridgehead atoms. The van der Waals surface area contributed by atoms with Crippen LogP contribution in [0.15, 0.2) is 54.6 Å². The average Bonchev–Trinajstić information content (AvgIpc) is 3.34. The Morgan fingerprint density at radius 1 is 1.09 bits per heavy atom. The third kappa shape index (κ3) is 4.28. The van der Waals surface area contributed by atoms with Crippen LogP contribution in [0.25, 0.3) is 0 Å². The number of rotatable bonds is 6. The molecule has 1 atom stereocenters. The molecule has 2 aromatic rings. The number of amides is 3. The van der Waals surface area contributed by atoms with Gasteiger partial charge in [-0.2, -0.15) is 0 Å². The van der Waals surface area contributed by atoms with Gasteiger partial charge >= 0.3 is 5.97 Å². The Morgan fingerprint density at radius 2 is 1.81 bits per heavy atom. The summed E-state index contributed by atoms with van der Waals surface area (Å²) in [6, 6.07) is 10.1. The zero-order valence-electron chi connectivity index (χ0n) is 16.6. The van der Waals surface area contributed by atoms with Crippen molar-refractivity contribution in [2.24, 2.45) is 0 Å². The maximum absolute atomic E-state index is 13.2. The number of halogens is 1. The van der Waals surface area contributed by atoms with Crippen LogP contribution in [0.4, 0.5) is 5.69 Å². The molecule has 2 aliphatic heterocycles. The number of nitrogens with zero attached hydrogens (tertiary/aromatic N) is 2. The van der Waals surface area contributed by atoms with Crippen molar-refractivity contribution in [3.63, 3.8) is 0 Å². The number of carboxylic acids is 1. The molecule has 0 radical (unpaired) electrons. The van der Waals surface area contributed by atoms with Crippen LogP contribution in [-0.2, 0) is 25.7 Å². The fourth-order valence-corrected chi connectivity index (χ4v) is 3.66. The number of carboxylic acid groups (broad SMARTS) is 1. The SMILES string of the molecule is O=C(O)/C=C/C(=O)N(Cc1ccc2c(c1)OCO2)[C@@H]1CC(=O)N(c2ccc(Cl)cc2)C1=O. The van der Waals surface area contributed by atoms with E-state index in [1.807, 2.05) is 0 Å². The van der Waals surface area contributed by atoms with Crippen molar-refractivity contribution < 1.29 is 33.8 Å². The fraction of sp³-hybridized carbons (Fsp3) is 0.182. The fourth-order valence-electron chi connectivity index (χ4n) is 3.54. The summed E-state index contributed by atoms with van der Waals surface area (Å²) in [5.41, 5.74) is 0.958. The first-order valence-corrected chi connectivity index (χ1v) is 9.94. The predicted molar refractivity (Wildman–Crippen MR) is 112 cm³/mol. The summed E-state index contributed by atoms with van der Waals surface area (Å²) in [6.07, 6.45) is 1.31. The van der Waals surface area contributed by atoms with Gasteiger partial charge in [0.1, 0.15) is 6.04 Å². The molecule has 0 saturated carbocycles. The lowest BCUT2D eigenvalue weighted by Crippen LogP contribution is -2.44. The van der Waals surface area contributed by atoms with E-state index in [0.29, 0.717) is 33.8 Å². The molecule has 10 heteroatoms. The molecule has 0 aromatic heterocycles. The van der Waals surface area contributed by atoms with Crippen molar-refractivity contribution in [2.75, 3.05) is 11.7 Å². The van der Waals surface area contributed by atoms with Crippen molar-refractivity contribution in [2.45, 2.75) is 19.0 Å². The van der Waals surface area contributed by atoms with E-state index in [2.05, 4.69) is 0 Å². The molecule has 2 heterocycles. The molecule has 4 rings (SSSR count). The van der Waals surface area contributed by atoms with Gasteiger partial charge < -0.3 is 19.5 Å². The largest absolute Gasteiger partial charge is 0.478 e. The lowest BCUT2D eigenvalue weighted by molar-refractivity contribution is -0.135. The third-order valence-corrected chi connectivity index (χ3v) is 5.28. The summed E-state index contributed by atoms with van der Waals surface area (Å²) in [4.78, 5) is 51.7. The minimum absolute atomic E-state index is 0.0441. The van der Waals surface area contributed by atoms with Crippen LogP contribution in [0, 0.1) is 0 Å². The zero-order chi connectivity index (χ0) is 22.8. The quantitative estimate of drug-likeness (QED) is 0.524. The lowest BCUT2D eigenvalue weighted by Gasteiger charge is -2.26. The van der Waals surface area contributed by atoms with Crippen LogP contribution >= 0.6 is 11.6 Å². The number of ether oxygens (including phenoxy) is 2. The van der Waals surface area contributed by atoms with Crippen molar-refractivity contribution in [1.29, 1.82) is 0 Å². The van der Waals surface area contributed by atoms with Gasteiger partial charge in [0.25, 0.3) is 5.91 Å². The molecular weight excluding hydrogens is 440 g/mol. The molecule has 9 nitrogen and oxygen atoms in total. The Labute approximate surface area is 187 Å². The summed E-state index contributed by atoms with van der Waals surface area (Å²) in [6.45, 7) is 0.0338. The topological polar surface area (TPSA) is 113 Å². The van der Waals surface area contributed by atoms with Gasteiger partial charge in [0.15, 0.2) is 11.5 Å². The second-order valence-corrected chi connectivity index (χ2v) is 7.53. The summed E-state index contributed by atoms with van der Waals surface area (Å²) < 4.78 is 10.6. The van der Waals surface area contributed by atoms with Crippen LogP contribution in [0.5, 0.6) is 11.5 Å². The standard InChI is InChI=1S/C22H17ClN2O7/c23-14-2-4-15(5-3-14)25-20(27)10-16(22(25)30)24(19(26)7-8-21(28)29)11-13-1-6-17-18(9-13)32-12-31-17/h1-9,16H,10-12H2,(H,28,29)/b8-7+/t16-/m1/s1. The first-order chi connectivity index (χ1) is 15.3. The van der Waals surface area contributed by atoms with E-state index in [-0.39, 0.29) is 19.8 Å². The van der Waals surface area contributed by atoms with Gasteiger partial charge in [-0.1, -0.05) is 17.7 Å². The van der Waals surface area contributed by atoms with E-state index in [1.54, 1.807) is 30.3 Å². The summed E-state index contributed by atoms with van der Waals surface area (Å²) in [7, 11) is 0. The van der Waals surface area contributed by atoms with Crippen LogP contribution < -0.4 is 14.4 Å². The second kappa shape index (κ2) is 8.72. The highest BCUT2D eigenvalue weighted by atomic mass is 35.5. The summed E-state index contributed by atoms with van der Waals surface area (Å²) >= 11 is 5.89. The van der Waals surface area contributed by atoms with Crippen LogP contribution in [0.2, 0.25) is 5.02 Å². The highest BCUT2D eigenvalue weighted by Gasteiger charge is 2.44. The first kappa shape index (κ1) is 21.4. The zero-order valence-corrected chi connectivity index (χ0v) is 17.3. The number of fused-ring (bicyclic) bond motifs is 1. The minimum Gasteiger partial charge on any atom is -0.478 e. The highest BCUT2D eigenvalue weighted by Crippen LogP contribution is 2.34. The van der Waals surface area contributed by atoms with E-state index >= 15 is 0 Å². The summed E-state index contributed by atoms with van der Waals surface area (Å²) in [5.74, 6) is -2.04. The number of carbonyl (C=O) groups excluding carboxylic acids is 3. The first-order valence-electron chi connectivity index (χ1n) is 9.56. The third-order valence-electron chi connectivity index (χ3n) is 5.03. The van der Waals surface area contributed by atoms with Gasteiger partial charge in [-0.15, -0.1) is 0 Å². The number of hydrogen-bond donors (Lipinski definition) is 1. The van der Waals surface area contributed by atoms with Crippen LogP contribution in [-0.4, -0.2) is 46.5 Å². The molecule has 2 aromatic carbocycles. The number of imide groups is 1. The van der Waals surface area contributed by atoms with Crippen LogP contribution in [0.3, 0.4) is 0 Å². The van der Waals surface area contributed by atoms with Gasteiger partial charge in [0.05, 0.1) is 12.1 Å². The van der Waals surface area contributed by atoms with Crippen molar-refractivity contribution in [3.05, 3.63) is 65.2 Å². The van der Waals surface area contributed by atoms with Crippen LogP contribution in [0.1, 0.15) is 12.0 Å². The molecule has 1 saturated heterocycles. The van der Waals surface area contributed by atoms with E-state index in [1.165, 1.54) is 17.0 Å². The smallest absolute Gasteiger partial charge is 0.328 e. The lowest BCUT2D eigenvalue weighted by atomic mass is 10.1. The van der Waals surface area contributed by atoms with Gasteiger partial charge in [-0.05, 0) is 42.0 Å². The minimum atomic E-state index is -1.31. The molecule has 1 N–H and O–H groups in total. The normalized spacial score (nSPS) is 17.3. The molecule has 2 aliphatic rings. The Balaban J connectivity index is 1.64. The van der Waals surface area contributed by atoms with Gasteiger partial charge in [-0.3, -0.25) is 14.4 Å². The molecule has 3 amide bonds. The highest BCUT2D eigenvalue weighted by molar-refractivity contribution is 6.31. The second-order valence-electron chi connectivity index (χ2n) is 7.09.